The van der Waals surface area contributed by atoms with E-state index in [4.69, 9.17) is 0 Å². The number of esters is 1. The molecule has 0 bridgehead atoms. The van der Waals surface area contributed by atoms with Gasteiger partial charge in [0.05, 0.1) is 7.11 Å². The number of carbonyl (C=O) groups is 1. The SMILES string of the molecule is COC(=O)[C@H](C)NC(C)c1ccccc1. The number of nitrogens with one attached hydrogen (secondary N) is 1. The van der Waals surface area contributed by atoms with E-state index >= 15 is 0 Å². The first-order chi connectivity index (χ1) is 7.15. The van der Waals surface area contributed by atoms with E-state index in [0.29, 0.717) is 0 Å². The summed E-state index contributed by atoms with van der Waals surface area (Å²) in [5, 5.41) is 3.17. The Hall–Kier alpha value is -1.35. The molecule has 0 radical (unpaired) electrons. The van der Waals surface area contributed by atoms with E-state index in [2.05, 4.69) is 10.1 Å². The van der Waals surface area contributed by atoms with Gasteiger partial charge in [-0.3, -0.25) is 10.1 Å². The topological polar surface area (TPSA) is 38.3 Å². The normalized spacial score (nSPS) is 14.3. The van der Waals surface area contributed by atoms with Crippen LogP contribution in [0.5, 0.6) is 0 Å². The highest BCUT2D eigenvalue weighted by Crippen LogP contribution is 2.11. The predicted molar refractivity (Wildman–Crippen MR) is 59.5 cm³/mol. The average molecular weight is 207 g/mol. The molecule has 0 fully saturated rings. The first kappa shape index (κ1) is 11.7. The predicted octanol–water partition coefficient (Wildman–Crippen LogP) is 1.90. The third kappa shape index (κ3) is 3.36. The summed E-state index contributed by atoms with van der Waals surface area (Å²) in [4.78, 5) is 11.2. The highest BCUT2D eigenvalue weighted by atomic mass is 16.5. The van der Waals surface area contributed by atoms with E-state index in [1.54, 1.807) is 6.92 Å². The Balaban J connectivity index is 2.56. The second kappa shape index (κ2) is 5.51. The van der Waals surface area contributed by atoms with Gasteiger partial charge >= 0.3 is 5.97 Å². The molecule has 1 aromatic rings. The van der Waals surface area contributed by atoms with Crippen LogP contribution in [0, 0.1) is 0 Å². The molecule has 0 spiro atoms. The van der Waals surface area contributed by atoms with E-state index in [-0.39, 0.29) is 18.1 Å². The lowest BCUT2D eigenvalue weighted by Gasteiger charge is -2.18. The van der Waals surface area contributed by atoms with Crippen LogP contribution in [0.3, 0.4) is 0 Å². The smallest absolute Gasteiger partial charge is 0.322 e. The Morgan fingerprint density at radius 2 is 1.87 bits per heavy atom. The Kier molecular flexibility index (Phi) is 4.31. The molecule has 0 saturated carbocycles. The average Bonchev–Trinajstić information content (AvgIpc) is 2.29. The lowest BCUT2D eigenvalue weighted by atomic mass is 10.1. The van der Waals surface area contributed by atoms with Gasteiger partial charge in [0.25, 0.3) is 0 Å². The van der Waals surface area contributed by atoms with Crippen LogP contribution in [0.15, 0.2) is 30.3 Å². The molecular weight excluding hydrogens is 190 g/mol. The fourth-order valence-electron chi connectivity index (χ4n) is 1.46. The van der Waals surface area contributed by atoms with Gasteiger partial charge in [-0.05, 0) is 19.4 Å². The molecule has 82 valence electrons. The Morgan fingerprint density at radius 3 is 2.40 bits per heavy atom. The number of carbonyl (C=O) groups excluding carboxylic acids is 1. The minimum Gasteiger partial charge on any atom is -0.468 e. The Labute approximate surface area is 90.4 Å². The maximum absolute atomic E-state index is 11.2. The second-order valence-electron chi connectivity index (χ2n) is 3.54. The number of ether oxygens (including phenoxy) is 1. The van der Waals surface area contributed by atoms with Crippen LogP contribution in [0.2, 0.25) is 0 Å². The molecule has 0 amide bonds. The van der Waals surface area contributed by atoms with E-state index < -0.39 is 0 Å². The molecule has 0 saturated heterocycles. The summed E-state index contributed by atoms with van der Waals surface area (Å²) in [6.45, 7) is 3.82. The van der Waals surface area contributed by atoms with E-state index in [9.17, 15) is 4.79 Å². The quantitative estimate of drug-likeness (QED) is 0.766. The van der Waals surface area contributed by atoms with Crippen molar-refractivity contribution in [2.75, 3.05) is 7.11 Å². The van der Waals surface area contributed by atoms with Crippen molar-refractivity contribution in [3.8, 4) is 0 Å². The van der Waals surface area contributed by atoms with E-state index in [1.807, 2.05) is 37.3 Å². The van der Waals surface area contributed by atoms with Crippen molar-refractivity contribution in [3.05, 3.63) is 35.9 Å². The molecule has 0 aliphatic carbocycles. The van der Waals surface area contributed by atoms with Gasteiger partial charge < -0.3 is 4.74 Å². The van der Waals surface area contributed by atoms with Crippen molar-refractivity contribution in [3.63, 3.8) is 0 Å². The fourth-order valence-corrected chi connectivity index (χ4v) is 1.46. The van der Waals surface area contributed by atoms with Crippen molar-refractivity contribution < 1.29 is 9.53 Å². The van der Waals surface area contributed by atoms with Crippen LogP contribution < -0.4 is 5.32 Å². The molecule has 0 aliphatic heterocycles. The van der Waals surface area contributed by atoms with Crippen molar-refractivity contribution in [2.24, 2.45) is 0 Å². The molecule has 0 heterocycles. The molecule has 1 rings (SSSR count). The minimum absolute atomic E-state index is 0.139. The number of methoxy groups -OCH3 is 1. The van der Waals surface area contributed by atoms with Gasteiger partial charge in [-0.2, -0.15) is 0 Å². The fraction of sp³-hybridized carbons (Fsp3) is 0.417. The Bertz CT molecular complexity index is 311. The highest BCUT2D eigenvalue weighted by Gasteiger charge is 2.15. The van der Waals surface area contributed by atoms with Crippen molar-refractivity contribution in [2.45, 2.75) is 25.9 Å². The number of hydrogen-bond donors (Lipinski definition) is 1. The molecule has 3 heteroatoms. The summed E-state index contributed by atoms with van der Waals surface area (Å²) < 4.78 is 4.65. The molecular formula is C12H17NO2. The van der Waals surface area contributed by atoms with Crippen LogP contribution in [0.1, 0.15) is 25.5 Å². The van der Waals surface area contributed by atoms with Gasteiger partial charge in [-0.25, -0.2) is 0 Å². The monoisotopic (exact) mass is 207 g/mol. The zero-order valence-corrected chi connectivity index (χ0v) is 9.36. The van der Waals surface area contributed by atoms with Crippen LogP contribution >= 0.6 is 0 Å². The number of hydrogen-bond acceptors (Lipinski definition) is 3. The summed E-state index contributed by atoms with van der Waals surface area (Å²) in [6, 6.07) is 9.85. The second-order valence-corrected chi connectivity index (χ2v) is 3.54. The molecule has 0 aromatic heterocycles. The van der Waals surface area contributed by atoms with Crippen LogP contribution in [0.4, 0.5) is 0 Å². The van der Waals surface area contributed by atoms with Gasteiger partial charge in [-0.15, -0.1) is 0 Å². The minimum atomic E-state index is -0.287. The standard InChI is InChI=1S/C12H17NO2/c1-9(11-7-5-4-6-8-11)13-10(2)12(14)15-3/h4-10,13H,1-3H3/t9?,10-/m0/s1. The zero-order valence-electron chi connectivity index (χ0n) is 9.36. The summed E-state index contributed by atoms with van der Waals surface area (Å²) in [7, 11) is 1.40. The third-order valence-corrected chi connectivity index (χ3v) is 2.35. The molecule has 1 unspecified atom stereocenters. The maximum atomic E-state index is 11.2. The Morgan fingerprint density at radius 1 is 1.27 bits per heavy atom. The highest BCUT2D eigenvalue weighted by molar-refractivity contribution is 5.75. The number of benzene rings is 1. The summed E-state index contributed by atoms with van der Waals surface area (Å²) in [5.74, 6) is -0.238. The molecule has 3 nitrogen and oxygen atoms in total. The molecule has 1 aromatic carbocycles. The first-order valence-electron chi connectivity index (χ1n) is 5.04. The summed E-state index contributed by atoms with van der Waals surface area (Å²) in [6.07, 6.45) is 0. The zero-order chi connectivity index (χ0) is 11.3. The molecule has 1 N–H and O–H groups in total. The van der Waals surface area contributed by atoms with Gasteiger partial charge in [0.2, 0.25) is 0 Å². The van der Waals surface area contributed by atoms with Gasteiger partial charge in [-0.1, -0.05) is 30.3 Å². The molecule has 0 aliphatic rings. The van der Waals surface area contributed by atoms with Crippen molar-refractivity contribution in [1.29, 1.82) is 0 Å². The van der Waals surface area contributed by atoms with Crippen LogP contribution in [-0.4, -0.2) is 19.1 Å². The van der Waals surface area contributed by atoms with Crippen molar-refractivity contribution in [1.82, 2.24) is 5.32 Å². The number of rotatable bonds is 4. The van der Waals surface area contributed by atoms with Crippen LogP contribution in [0.25, 0.3) is 0 Å². The van der Waals surface area contributed by atoms with Gasteiger partial charge in [0.15, 0.2) is 0 Å². The summed E-state index contributed by atoms with van der Waals surface area (Å²) >= 11 is 0. The van der Waals surface area contributed by atoms with E-state index in [0.717, 1.165) is 5.56 Å². The largest absolute Gasteiger partial charge is 0.468 e. The maximum Gasteiger partial charge on any atom is 0.322 e. The van der Waals surface area contributed by atoms with Crippen molar-refractivity contribution >= 4 is 5.97 Å². The first-order valence-corrected chi connectivity index (χ1v) is 5.04. The summed E-state index contributed by atoms with van der Waals surface area (Å²) in [5.41, 5.74) is 1.16. The lowest BCUT2D eigenvalue weighted by molar-refractivity contribution is -0.142. The molecule has 2 atom stereocenters. The molecule has 15 heavy (non-hydrogen) atoms. The third-order valence-electron chi connectivity index (χ3n) is 2.35. The van der Waals surface area contributed by atoms with Gasteiger partial charge in [0, 0.05) is 6.04 Å². The van der Waals surface area contributed by atoms with Crippen LogP contribution in [-0.2, 0) is 9.53 Å². The van der Waals surface area contributed by atoms with E-state index in [1.165, 1.54) is 7.11 Å². The van der Waals surface area contributed by atoms with Gasteiger partial charge in [0.1, 0.15) is 6.04 Å². The lowest BCUT2D eigenvalue weighted by Crippen LogP contribution is -2.36.